The van der Waals surface area contributed by atoms with Gasteiger partial charge in [0.2, 0.25) is 0 Å². The zero-order valence-corrected chi connectivity index (χ0v) is 20.1. The van der Waals surface area contributed by atoms with Crippen molar-refractivity contribution in [3.8, 4) is 5.75 Å². The first kappa shape index (κ1) is 23.9. The Morgan fingerprint density at radius 2 is 1.79 bits per heavy atom. The summed E-state index contributed by atoms with van der Waals surface area (Å²) in [4.78, 5) is 38.9. The van der Waals surface area contributed by atoms with Crippen LogP contribution in [-0.2, 0) is 16.1 Å². The van der Waals surface area contributed by atoms with Gasteiger partial charge in [-0.25, -0.2) is 9.69 Å². The van der Waals surface area contributed by atoms with Gasteiger partial charge in [0.25, 0.3) is 11.8 Å². The highest BCUT2D eigenvalue weighted by atomic mass is 35.5. The summed E-state index contributed by atoms with van der Waals surface area (Å²) in [5, 5.41) is 3.51. The lowest BCUT2D eigenvalue weighted by molar-refractivity contribution is -0.122. The van der Waals surface area contributed by atoms with Crippen molar-refractivity contribution in [3.05, 3.63) is 86.6 Å². The molecule has 174 valence electrons. The number of ether oxygens (including phenoxy) is 1. The molecule has 1 aliphatic heterocycles. The average Bonchev–Trinajstić information content (AvgIpc) is 3.22. The van der Waals surface area contributed by atoms with Crippen LogP contribution in [0.2, 0.25) is 15.1 Å². The van der Waals surface area contributed by atoms with Crippen molar-refractivity contribution in [2.45, 2.75) is 13.5 Å². The van der Waals surface area contributed by atoms with E-state index in [0.29, 0.717) is 33.1 Å². The third-order valence-electron chi connectivity index (χ3n) is 5.16. The third-order valence-corrected chi connectivity index (χ3v) is 6.09. The van der Waals surface area contributed by atoms with E-state index in [4.69, 9.17) is 39.5 Å². The van der Waals surface area contributed by atoms with E-state index in [9.17, 15) is 14.4 Å². The first-order chi connectivity index (χ1) is 16.2. The molecule has 0 radical (unpaired) electrons. The Balaban J connectivity index is 1.54. The molecule has 1 fully saturated rings. The van der Waals surface area contributed by atoms with Gasteiger partial charge in [-0.2, -0.15) is 0 Å². The minimum atomic E-state index is -0.837. The molecular formula is C24H18Cl3N3O4. The van der Waals surface area contributed by atoms with Crippen molar-refractivity contribution in [3.63, 3.8) is 0 Å². The molecule has 1 saturated heterocycles. The highest BCUT2D eigenvalue weighted by Gasteiger charge is 2.37. The Morgan fingerprint density at radius 3 is 2.53 bits per heavy atom. The monoisotopic (exact) mass is 517 g/mol. The molecule has 10 heteroatoms. The summed E-state index contributed by atoms with van der Waals surface area (Å²) in [5.74, 6) is -1.03. The van der Waals surface area contributed by atoms with Gasteiger partial charge in [-0.1, -0.05) is 40.9 Å². The van der Waals surface area contributed by atoms with Crippen molar-refractivity contribution in [2.75, 3.05) is 11.5 Å². The summed E-state index contributed by atoms with van der Waals surface area (Å²) >= 11 is 18.2. The number of hydrogen-bond acceptors (Lipinski definition) is 4. The number of nitrogens with zero attached hydrogens (tertiary/aromatic N) is 2. The lowest BCUT2D eigenvalue weighted by Crippen LogP contribution is -2.54. The zero-order chi connectivity index (χ0) is 24.4. The Kier molecular flexibility index (Phi) is 6.97. The number of hydrogen-bond donors (Lipinski definition) is 1. The number of urea groups is 1. The highest BCUT2D eigenvalue weighted by Crippen LogP contribution is 2.28. The Morgan fingerprint density at radius 1 is 1.00 bits per heavy atom. The van der Waals surface area contributed by atoms with Crippen LogP contribution in [-0.4, -0.2) is 29.0 Å². The third kappa shape index (κ3) is 4.97. The zero-order valence-electron chi connectivity index (χ0n) is 17.8. The Hall–Kier alpha value is -3.26. The molecule has 0 spiro atoms. The largest absolute Gasteiger partial charge is 0.490 e. The SMILES string of the molecule is Cc1ccc(N2C(=O)NC(=O)/C(=C\c3cccn3CCOc3ccc(Cl)cc3Cl)C2=O)cc1Cl. The summed E-state index contributed by atoms with van der Waals surface area (Å²) < 4.78 is 7.52. The van der Waals surface area contributed by atoms with E-state index in [1.165, 1.54) is 12.1 Å². The number of carbonyl (C=O) groups is 3. The van der Waals surface area contributed by atoms with Crippen LogP contribution in [0.4, 0.5) is 10.5 Å². The van der Waals surface area contributed by atoms with E-state index in [0.717, 1.165) is 10.5 Å². The summed E-state index contributed by atoms with van der Waals surface area (Å²) in [6.07, 6.45) is 3.22. The number of rotatable bonds is 6. The molecule has 1 aromatic heterocycles. The Bertz CT molecular complexity index is 1330. The number of amides is 4. The van der Waals surface area contributed by atoms with E-state index in [1.54, 1.807) is 60.2 Å². The normalized spacial score (nSPS) is 15.1. The molecule has 7 nitrogen and oxygen atoms in total. The first-order valence-corrected chi connectivity index (χ1v) is 11.3. The molecule has 34 heavy (non-hydrogen) atoms. The molecule has 1 N–H and O–H groups in total. The second-order valence-corrected chi connectivity index (χ2v) is 8.69. The summed E-state index contributed by atoms with van der Waals surface area (Å²) in [7, 11) is 0. The molecule has 1 aliphatic rings. The summed E-state index contributed by atoms with van der Waals surface area (Å²) in [6.45, 7) is 2.49. The predicted octanol–water partition coefficient (Wildman–Crippen LogP) is 5.50. The van der Waals surface area contributed by atoms with Gasteiger partial charge >= 0.3 is 6.03 Å². The van der Waals surface area contributed by atoms with Crippen LogP contribution in [0.5, 0.6) is 5.75 Å². The van der Waals surface area contributed by atoms with Gasteiger partial charge in [0.05, 0.1) is 17.3 Å². The molecule has 0 unspecified atom stereocenters. The molecule has 0 bridgehead atoms. The fourth-order valence-corrected chi connectivity index (χ4v) is 4.01. The number of halogens is 3. The summed E-state index contributed by atoms with van der Waals surface area (Å²) in [6, 6.07) is 12.4. The fourth-order valence-electron chi connectivity index (χ4n) is 3.37. The number of carbonyl (C=O) groups excluding carboxylic acids is 3. The van der Waals surface area contributed by atoms with Crippen molar-refractivity contribution in [1.82, 2.24) is 9.88 Å². The van der Waals surface area contributed by atoms with Gasteiger partial charge in [-0.3, -0.25) is 14.9 Å². The molecule has 2 heterocycles. The smallest absolute Gasteiger partial charge is 0.335 e. The fraction of sp³-hybridized carbons (Fsp3) is 0.125. The van der Waals surface area contributed by atoms with Gasteiger partial charge in [-0.05, 0) is 61.0 Å². The number of benzene rings is 2. The number of nitrogens with one attached hydrogen (secondary N) is 1. The predicted molar refractivity (Wildman–Crippen MR) is 132 cm³/mol. The van der Waals surface area contributed by atoms with Gasteiger partial charge in [0, 0.05) is 21.9 Å². The van der Waals surface area contributed by atoms with Crippen molar-refractivity contribution < 1.29 is 19.1 Å². The topological polar surface area (TPSA) is 80.6 Å². The van der Waals surface area contributed by atoms with Gasteiger partial charge in [-0.15, -0.1) is 0 Å². The second-order valence-electron chi connectivity index (χ2n) is 7.44. The maximum absolute atomic E-state index is 13.1. The minimum absolute atomic E-state index is 0.182. The summed E-state index contributed by atoms with van der Waals surface area (Å²) in [5.41, 5.74) is 1.46. The molecule has 0 aliphatic carbocycles. The van der Waals surface area contributed by atoms with Gasteiger partial charge in [0.15, 0.2) is 0 Å². The van der Waals surface area contributed by atoms with E-state index < -0.39 is 17.8 Å². The van der Waals surface area contributed by atoms with Crippen LogP contribution in [0.25, 0.3) is 6.08 Å². The maximum Gasteiger partial charge on any atom is 0.335 e. The molecule has 2 aromatic carbocycles. The van der Waals surface area contributed by atoms with Crippen LogP contribution >= 0.6 is 34.8 Å². The standard InChI is InChI=1S/C24H18Cl3N3O4/c1-14-4-6-17(13-19(14)26)30-23(32)18(22(31)28-24(30)33)12-16-3-2-8-29(16)9-10-34-21-7-5-15(25)11-20(21)27/h2-8,11-13H,9-10H2,1H3,(H,28,31,33)/b18-12+. The molecular weight excluding hydrogens is 501 g/mol. The minimum Gasteiger partial charge on any atom is -0.490 e. The first-order valence-electron chi connectivity index (χ1n) is 10.1. The van der Waals surface area contributed by atoms with E-state index >= 15 is 0 Å². The van der Waals surface area contributed by atoms with Crippen LogP contribution in [0.1, 0.15) is 11.3 Å². The van der Waals surface area contributed by atoms with Crippen molar-refractivity contribution >= 4 is 64.4 Å². The maximum atomic E-state index is 13.1. The number of aryl methyl sites for hydroxylation is 1. The lowest BCUT2D eigenvalue weighted by atomic mass is 10.1. The second kappa shape index (κ2) is 9.93. The lowest BCUT2D eigenvalue weighted by Gasteiger charge is -2.26. The van der Waals surface area contributed by atoms with Crippen LogP contribution in [0, 0.1) is 6.92 Å². The molecule has 0 saturated carbocycles. The molecule has 3 aromatic rings. The number of imide groups is 2. The number of aromatic nitrogens is 1. The quantitative estimate of drug-likeness (QED) is 0.345. The van der Waals surface area contributed by atoms with Gasteiger partial charge in [0.1, 0.15) is 17.9 Å². The Labute approximate surface area is 210 Å². The van der Waals surface area contributed by atoms with E-state index in [1.807, 2.05) is 0 Å². The van der Waals surface area contributed by atoms with E-state index in [-0.39, 0.29) is 17.9 Å². The van der Waals surface area contributed by atoms with Crippen LogP contribution in [0.15, 0.2) is 60.3 Å². The number of barbiturate groups is 1. The molecule has 4 rings (SSSR count). The van der Waals surface area contributed by atoms with Crippen LogP contribution in [0.3, 0.4) is 0 Å². The van der Waals surface area contributed by atoms with E-state index in [2.05, 4.69) is 5.32 Å². The highest BCUT2D eigenvalue weighted by molar-refractivity contribution is 6.39. The number of anilines is 1. The van der Waals surface area contributed by atoms with Gasteiger partial charge < -0.3 is 9.30 Å². The molecule has 4 amide bonds. The molecule has 0 atom stereocenters. The van der Waals surface area contributed by atoms with Crippen molar-refractivity contribution in [2.24, 2.45) is 0 Å². The van der Waals surface area contributed by atoms with Crippen molar-refractivity contribution in [1.29, 1.82) is 0 Å². The average molecular weight is 519 g/mol. The van der Waals surface area contributed by atoms with Crippen LogP contribution < -0.4 is 15.0 Å².